The minimum atomic E-state index is -0.870. The highest BCUT2D eigenvalue weighted by atomic mass is 19.1. The average Bonchev–Trinajstić information content (AvgIpc) is 2.16. The van der Waals surface area contributed by atoms with E-state index >= 15 is 0 Å². The van der Waals surface area contributed by atoms with Crippen molar-refractivity contribution in [2.45, 2.75) is 12.5 Å². The Hall–Kier alpha value is -1.42. The third-order valence-electron chi connectivity index (χ3n) is 2.44. The molecule has 0 aromatic heterocycles. The van der Waals surface area contributed by atoms with Gasteiger partial charge in [0.2, 0.25) is 0 Å². The lowest BCUT2D eigenvalue weighted by atomic mass is 9.91. The Kier molecular flexibility index (Phi) is 2.21. The Bertz CT molecular complexity index is 378. The molecule has 2 rings (SSSR count). The highest BCUT2D eigenvalue weighted by Crippen LogP contribution is 2.24. The highest BCUT2D eigenvalue weighted by Gasteiger charge is 2.25. The second-order valence-corrected chi connectivity index (χ2v) is 3.36. The number of carbonyl (C=O) groups is 1. The normalized spacial score (nSPS) is 20.2. The van der Waals surface area contributed by atoms with E-state index in [1.54, 1.807) is 6.07 Å². The van der Waals surface area contributed by atoms with Crippen LogP contribution >= 0.6 is 0 Å². The Morgan fingerprint density at radius 2 is 2.36 bits per heavy atom. The molecule has 4 heteroatoms. The fourth-order valence-electron chi connectivity index (χ4n) is 1.75. The van der Waals surface area contributed by atoms with Gasteiger partial charge in [0.15, 0.2) is 0 Å². The molecular weight excluding hydrogens is 185 g/mol. The van der Waals surface area contributed by atoms with E-state index in [0.717, 1.165) is 11.1 Å². The van der Waals surface area contributed by atoms with Crippen LogP contribution in [0.2, 0.25) is 0 Å². The summed E-state index contributed by atoms with van der Waals surface area (Å²) in [6.45, 7) is 0.949. The van der Waals surface area contributed by atoms with Crippen LogP contribution in [0.25, 0.3) is 0 Å². The van der Waals surface area contributed by atoms with Crippen molar-refractivity contribution in [1.82, 2.24) is 5.32 Å². The van der Waals surface area contributed by atoms with Crippen molar-refractivity contribution in [2.75, 3.05) is 6.54 Å². The van der Waals surface area contributed by atoms with Gasteiger partial charge in [0.25, 0.3) is 0 Å². The molecule has 0 bridgehead atoms. The summed E-state index contributed by atoms with van der Waals surface area (Å²) in [7, 11) is 0. The largest absolute Gasteiger partial charge is 0.481 e. The van der Waals surface area contributed by atoms with Gasteiger partial charge in [-0.1, -0.05) is 6.07 Å². The van der Waals surface area contributed by atoms with Gasteiger partial charge in [0.1, 0.15) is 5.82 Å². The van der Waals surface area contributed by atoms with Crippen molar-refractivity contribution in [3.05, 3.63) is 35.1 Å². The van der Waals surface area contributed by atoms with Crippen LogP contribution in [-0.2, 0) is 11.3 Å². The van der Waals surface area contributed by atoms with Crippen LogP contribution in [0.3, 0.4) is 0 Å². The molecule has 0 saturated heterocycles. The SMILES string of the molecule is O=C(O)C1CNCc2cc(F)ccc21. The monoisotopic (exact) mass is 195 g/mol. The maximum atomic E-state index is 12.8. The van der Waals surface area contributed by atoms with E-state index in [0.29, 0.717) is 13.1 Å². The van der Waals surface area contributed by atoms with Crippen LogP contribution in [0.4, 0.5) is 4.39 Å². The maximum absolute atomic E-state index is 12.8. The van der Waals surface area contributed by atoms with E-state index in [1.165, 1.54) is 12.1 Å². The summed E-state index contributed by atoms with van der Waals surface area (Å²) in [6.07, 6.45) is 0. The third kappa shape index (κ3) is 1.48. The zero-order valence-electron chi connectivity index (χ0n) is 7.46. The minimum absolute atomic E-state index is 0.323. The van der Waals surface area contributed by atoms with Crippen molar-refractivity contribution in [3.8, 4) is 0 Å². The van der Waals surface area contributed by atoms with Gasteiger partial charge in [-0.15, -0.1) is 0 Å². The number of hydrogen-bond acceptors (Lipinski definition) is 2. The highest BCUT2D eigenvalue weighted by molar-refractivity contribution is 5.77. The van der Waals surface area contributed by atoms with Gasteiger partial charge >= 0.3 is 5.97 Å². The molecule has 74 valence electrons. The molecule has 14 heavy (non-hydrogen) atoms. The van der Waals surface area contributed by atoms with Crippen molar-refractivity contribution in [3.63, 3.8) is 0 Å². The molecule has 2 N–H and O–H groups in total. The number of carboxylic acids is 1. The molecule has 0 fully saturated rings. The van der Waals surface area contributed by atoms with Crippen LogP contribution in [0.5, 0.6) is 0 Å². The fraction of sp³-hybridized carbons (Fsp3) is 0.300. The van der Waals surface area contributed by atoms with Crippen LogP contribution in [-0.4, -0.2) is 17.6 Å². The molecule has 0 aliphatic carbocycles. The van der Waals surface area contributed by atoms with Gasteiger partial charge < -0.3 is 10.4 Å². The Morgan fingerprint density at radius 3 is 3.07 bits per heavy atom. The van der Waals surface area contributed by atoms with Gasteiger partial charge in [0.05, 0.1) is 5.92 Å². The van der Waals surface area contributed by atoms with Gasteiger partial charge in [0, 0.05) is 13.1 Å². The molecule has 1 atom stereocenters. The summed E-state index contributed by atoms with van der Waals surface area (Å²) in [5.41, 5.74) is 1.46. The van der Waals surface area contributed by atoms with Crippen LogP contribution < -0.4 is 5.32 Å². The smallest absolute Gasteiger partial charge is 0.312 e. The first kappa shape index (κ1) is 9.15. The predicted octanol–water partition coefficient (Wildman–Crippen LogP) is 1.10. The number of halogens is 1. The standard InChI is InChI=1S/C10H10FNO2/c11-7-1-2-8-6(3-7)4-12-5-9(8)10(13)14/h1-3,9,12H,4-5H2,(H,13,14). The van der Waals surface area contributed by atoms with E-state index < -0.39 is 11.9 Å². The van der Waals surface area contributed by atoms with Crippen molar-refractivity contribution >= 4 is 5.97 Å². The number of benzene rings is 1. The lowest BCUT2D eigenvalue weighted by Crippen LogP contribution is -2.32. The van der Waals surface area contributed by atoms with E-state index in [-0.39, 0.29) is 5.82 Å². The lowest BCUT2D eigenvalue weighted by molar-refractivity contribution is -0.138. The van der Waals surface area contributed by atoms with Crippen LogP contribution in [0.1, 0.15) is 17.0 Å². The molecule has 1 unspecified atom stereocenters. The number of aliphatic carboxylic acids is 1. The minimum Gasteiger partial charge on any atom is -0.481 e. The summed E-state index contributed by atoms with van der Waals surface area (Å²) in [5.74, 6) is -1.75. The molecule has 0 amide bonds. The molecule has 1 aromatic carbocycles. The van der Waals surface area contributed by atoms with Gasteiger partial charge in [-0.3, -0.25) is 4.79 Å². The number of carboxylic acid groups (broad SMARTS) is 1. The number of hydrogen-bond donors (Lipinski definition) is 2. The average molecular weight is 195 g/mol. The van der Waals surface area contributed by atoms with Crippen LogP contribution in [0.15, 0.2) is 18.2 Å². The van der Waals surface area contributed by atoms with E-state index in [1.807, 2.05) is 0 Å². The summed E-state index contributed by atoms with van der Waals surface area (Å²) < 4.78 is 12.8. The third-order valence-corrected chi connectivity index (χ3v) is 2.44. The zero-order chi connectivity index (χ0) is 10.1. The molecule has 1 aliphatic heterocycles. The second kappa shape index (κ2) is 3.38. The zero-order valence-corrected chi connectivity index (χ0v) is 7.46. The van der Waals surface area contributed by atoms with E-state index in [2.05, 4.69) is 5.32 Å². The van der Waals surface area contributed by atoms with Crippen molar-refractivity contribution in [2.24, 2.45) is 0 Å². The Balaban J connectivity index is 2.44. The molecule has 1 heterocycles. The quantitative estimate of drug-likeness (QED) is 0.705. The first-order chi connectivity index (χ1) is 6.68. The molecule has 1 aromatic rings. The topological polar surface area (TPSA) is 49.3 Å². The van der Waals surface area contributed by atoms with Crippen molar-refractivity contribution < 1.29 is 14.3 Å². The van der Waals surface area contributed by atoms with Gasteiger partial charge in [-0.2, -0.15) is 0 Å². The van der Waals surface area contributed by atoms with Gasteiger partial charge in [-0.05, 0) is 23.3 Å². The number of nitrogens with one attached hydrogen (secondary N) is 1. The maximum Gasteiger partial charge on any atom is 0.312 e. The summed E-state index contributed by atoms with van der Waals surface area (Å²) in [6, 6.07) is 4.25. The van der Waals surface area contributed by atoms with Crippen LogP contribution in [0, 0.1) is 5.82 Å². The summed E-state index contributed by atoms with van der Waals surface area (Å²) >= 11 is 0. The van der Waals surface area contributed by atoms with E-state index in [4.69, 9.17) is 5.11 Å². The number of fused-ring (bicyclic) bond motifs is 1. The molecular formula is C10H10FNO2. The molecule has 1 aliphatic rings. The molecule has 0 radical (unpaired) electrons. The lowest BCUT2D eigenvalue weighted by Gasteiger charge is -2.23. The van der Waals surface area contributed by atoms with Gasteiger partial charge in [-0.25, -0.2) is 4.39 Å². The van der Waals surface area contributed by atoms with Crippen molar-refractivity contribution in [1.29, 1.82) is 0 Å². The summed E-state index contributed by atoms with van der Waals surface area (Å²) in [4.78, 5) is 10.9. The van der Waals surface area contributed by atoms with E-state index in [9.17, 15) is 9.18 Å². The Morgan fingerprint density at radius 1 is 1.57 bits per heavy atom. The molecule has 3 nitrogen and oxygen atoms in total. The first-order valence-corrected chi connectivity index (χ1v) is 4.40. The second-order valence-electron chi connectivity index (χ2n) is 3.36. The molecule has 0 spiro atoms. The predicted molar refractivity (Wildman–Crippen MR) is 48.5 cm³/mol. The first-order valence-electron chi connectivity index (χ1n) is 4.40. The number of rotatable bonds is 1. The summed E-state index contributed by atoms with van der Waals surface area (Å²) in [5, 5.41) is 11.9. The fourth-order valence-corrected chi connectivity index (χ4v) is 1.75. The Labute approximate surface area is 80.6 Å². The molecule has 0 saturated carbocycles.